The average molecular weight is 292 g/mol. The molecule has 4 N–H and O–H groups in total. The predicted molar refractivity (Wildman–Crippen MR) is 83.9 cm³/mol. The number of fused-ring (bicyclic) bond motifs is 1. The fourth-order valence-corrected chi connectivity index (χ4v) is 3.33. The maximum Gasteiger partial charge on any atom is 0.240 e. The number of likely N-dealkylation sites (tertiary alicyclic amines) is 1. The molecule has 6 nitrogen and oxygen atoms in total. The maximum absolute atomic E-state index is 5.43. The Balaban J connectivity index is 1.71. The molecule has 2 aromatic rings. The van der Waals surface area contributed by atoms with E-state index in [0.717, 1.165) is 22.6 Å². The first-order chi connectivity index (χ1) is 9.76. The number of nitrogen functional groups attached to an aromatic ring is 1. The normalized spacial score (nSPS) is 17.5. The second-order valence-corrected chi connectivity index (χ2v) is 6.20. The number of nitrogens with zero attached hydrogens (tertiary/aromatic N) is 3. The van der Waals surface area contributed by atoms with E-state index in [1.54, 1.807) is 11.3 Å². The third-order valence-electron chi connectivity index (χ3n) is 3.85. The van der Waals surface area contributed by atoms with Crippen LogP contribution in [0.25, 0.3) is 10.2 Å². The van der Waals surface area contributed by atoms with Crippen molar-refractivity contribution in [2.75, 3.05) is 37.4 Å². The van der Waals surface area contributed by atoms with Gasteiger partial charge in [-0.2, -0.15) is 4.98 Å². The second kappa shape index (κ2) is 5.90. The van der Waals surface area contributed by atoms with Crippen molar-refractivity contribution < 1.29 is 0 Å². The SMILES string of the molecule is CN1CCC(CNc2nc(NN)nc3sccc23)CC1. The fourth-order valence-electron chi connectivity index (χ4n) is 2.56. The minimum Gasteiger partial charge on any atom is -0.369 e. The summed E-state index contributed by atoms with van der Waals surface area (Å²) < 4.78 is 0. The summed E-state index contributed by atoms with van der Waals surface area (Å²) in [5.74, 6) is 7.48. The summed E-state index contributed by atoms with van der Waals surface area (Å²) in [6.07, 6.45) is 2.48. The average Bonchev–Trinajstić information content (AvgIpc) is 2.94. The lowest BCUT2D eigenvalue weighted by atomic mass is 9.97. The minimum absolute atomic E-state index is 0.464. The summed E-state index contributed by atoms with van der Waals surface area (Å²) in [5.41, 5.74) is 2.53. The highest BCUT2D eigenvalue weighted by Gasteiger charge is 2.17. The third-order valence-corrected chi connectivity index (χ3v) is 4.66. The van der Waals surface area contributed by atoms with E-state index in [2.05, 4.69) is 38.7 Å². The molecule has 1 saturated heterocycles. The van der Waals surface area contributed by atoms with Crippen molar-refractivity contribution >= 4 is 33.3 Å². The number of anilines is 2. The molecule has 1 aliphatic rings. The summed E-state index contributed by atoms with van der Waals surface area (Å²) in [7, 11) is 2.18. The molecule has 1 aliphatic heterocycles. The number of hydrazine groups is 1. The number of thiophene rings is 1. The lowest BCUT2D eigenvalue weighted by molar-refractivity contribution is 0.226. The molecule has 7 heteroatoms. The van der Waals surface area contributed by atoms with Crippen LogP contribution < -0.4 is 16.6 Å². The number of aromatic nitrogens is 2. The zero-order valence-electron chi connectivity index (χ0n) is 11.6. The summed E-state index contributed by atoms with van der Waals surface area (Å²) >= 11 is 1.60. The van der Waals surface area contributed by atoms with Gasteiger partial charge < -0.3 is 10.2 Å². The van der Waals surface area contributed by atoms with Gasteiger partial charge in [-0.05, 0) is 50.3 Å². The standard InChI is InChI=1S/C13H20N6S/c1-19-5-2-9(3-6-19)8-15-11-10-4-7-20-12(10)17-13(16-11)18-14/h4,7,9H,2-3,5-6,8,14H2,1H3,(H2,15,16,17,18). The van der Waals surface area contributed by atoms with Crippen LogP contribution in [-0.2, 0) is 0 Å². The molecule has 20 heavy (non-hydrogen) atoms. The van der Waals surface area contributed by atoms with E-state index in [0.29, 0.717) is 11.9 Å². The molecule has 108 valence electrons. The summed E-state index contributed by atoms with van der Waals surface area (Å²) in [6, 6.07) is 2.05. The number of rotatable bonds is 4. The molecule has 0 aromatic carbocycles. The molecule has 0 atom stereocenters. The van der Waals surface area contributed by atoms with Gasteiger partial charge in [-0.25, -0.2) is 10.8 Å². The van der Waals surface area contributed by atoms with Crippen LogP contribution in [0.15, 0.2) is 11.4 Å². The van der Waals surface area contributed by atoms with Gasteiger partial charge in [0.05, 0.1) is 5.39 Å². The Labute approximate surface area is 122 Å². The molecule has 0 bridgehead atoms. The predicted octanol–water partition coefficient (Wildman–Crippen LogP) is 1.73. The van der Waals surface area contributed by atoms with Crippen LogP contribution in [0.3, 0.4) is 0 Å². The Morgan fingerprint density at radius 1 is 1.40 bits per heavy atom. The van der Waals surface area contributed by atoms with Crippen molar-refractivity contribution in [3.63, 3.8) is 0 Å². The zero-order chi connectivity index (χ0) is 13.9. The summed E-state index contributed by atoms with van der Waals surface area (Å²) in [4.78, 5) is 12.1. The lowest BCUT2D eigenvalue weighted by Crippen LogP contribution is -2.33. The van der Waals surface area contributed by atoms with Crippen LogP contribution >= 0.6 is 11.3 Å². The van der Waals surface area contributed by atoms with Crippen LogP contribution in [0, 0.1) is 5.92 Å². The van der Waals surface area contributed by atoms with Crippen molar-refractivity contribution in [2.45, 2.75) is 12.8 Å². The monoisotopic (exact) mass is 292 g/mol. The van der Waals surface area contributed by atoms with Gasteiger partial charge in [0.25, 0.3) is 0 Å². The smallest absolute Gasteiger partial charge is 0.240 e. The van der Waals surface area contributed by atoms with Gasteiger partial charge in [-0.15, -0.1) is 11.3 Å². The minimum atomic E-state index is 0.464. The van der Waals surface area contributed by atoms with Crippen molar-refractivity contribution in [2.24, 2.45) is 11.8 Å². The van der Waals surface area contributed by atoms with Gasteiger partial charge in [-0.3, -0.25) is 5.43 Å². The van der Waals surface area contributed by atoms with Crippen molar-refractivity contribution in [1.29, 1.82) is 0 Å². The highest BCUT2D eigenvalue weighted by molar-refractivity contribution is 7.16. The molecule has 0 saturated carbocycles. The molecule has 0 spiro atoms. The van der Waals surface area contributed by atoms with Gasteiger partial charge in [0.15, 0.2) is 0 Å². The fraction of sp³-hybridized carbons (Fsp3) is 0.538. The Bertz CT molecular complexity index is 575. The second-order valence-electron chi connectivity index (χ2n) is 5.31. The quantitative estimate of drug-likeness (QED) is 0.588. The van der Waals surface area contributed by atoms with E-state index in [1.807, 2.05) is 5.38 Å². The Morgan fingerprint density at radius 2 is 2.20 bits per heavy atom. The Morgan fingerprint density at radius 3 is 2.95 bits per heavy atom. The van der Waals surface area contributed by atoms with E-state index < -0.39 is 0 Å². The van der Waals surface area contributed by atoms with Crippen molar-refractivity contribution in [1.82, 2.24) is 14.9 Å². The van der Waals surface area contributed by atoms with Crippen LogP contribution in [0.4, 0.5) is 11.8 Å². The van der Waals surface area contributed by atoms with Crippen LogP contribution in [0.5, 0.6) is 0 Å². The van der Waals surface area contributed by atoms with E-state index in [1.165, 1.54) is 25.9 Å². The summed E-state index contributed by atoms with van der Waals surface area (Å²) in [5, 5.41) is 6.57. The van der Waals surface area contributed by atoms with Gasteiger partial charge in [0.2, 0.25) is 5.95 Å². The number of hydrogen-bond acceptors (Lipinski definition) is 7. The summed E-state index contributed by atoms with van der Waals surface area (Å²) in [6.45, 7) is 3.32. The molecule has 3 heterocycles. The topological polar surface area (TPSA) is 79.1 Å². The Kier molecular flexibility index (Phi) is 4.00. The number of nitrogens with two attached hydrogens (primary N) is 1. The van der Waals surface area contributed by atoms with E-state index in [9.17, 15) is 0 Å². The molecule has 3 rings (SSSR count). The molecule has 0 aliphatic carbocycles. The zero-order valence-corrected chi connectivity index (χ0v) is 12.4. The van der Waals surface area contributed by atoms with Crippen molar-refractivity contribution in [3.8, 4) is 0 Å². The van der Waals surface area contributed by atoms with E-state index in [-0.39, 0.29) is 0 Å². The highest BCUT2D eigenvalue weighted by atomic mass is 32.1. The lowest BCUT2D eigenvalue weighted by Gasteiger charge is -2.29. The molecule has 1 fully saturated rings. The van der Waals surface area contributed by atoms with Crippen LogP contribution in [0.1, 0.15) is 12.8 Å². The highest BCUT2D eigenvalue weighted by Crippen LogP contribution is 2.27. The molecule has 0 radical (unpaired) electrons. The first kappa shape index (κ1) is 13.5. The van der Waals surface area contributed by atoms with Gasteiger partial charge in [-0.1, -0.05) is 0 Å². The van der Waals surface area contributed by atoms with E-state index >= 15 is 0 Å². The van der Waals surface area contributed by atoms with Gasteiger partial charge in [0.1, 0.15) is 10.6 Å². The largest absolute Gasteiger partial charge is 0.369 e. The molecular formula is C13H20N6S. The number of piperidine rings is 1. The van der Waals surface area contributed by atoms with Crippen molar-refractivity contribution in [3.05, 3.63) is 11.4 Å². The number of hydrogen-bond donors (Lipinski definition) is 3. The first-order valence-electron chi connectivity index (χ1n) is 6.90. The molecule has 2 aromatic heterocycles. The number of nitrogens with one attached hydrogen (secondary N) is 2. The molecular weight excluding hydrogens is 272 g/mol. The van der Waals surface area contributed by atoms with E-state index in [4.69, 9.17) is 5.84 Å². The van der Waals surface area contributed by atoms with Gasteiger partial charge in [0, 0.05) is 6.54 Å². The first-order valence-corrected chi connectivity index (χ1v) is 7.78. The molecule has 0 unspecified atom stereocenters. The van der Waals surface area contributed by atoms with Gasteiger partial charge >= 0.3 is 0 Å². The molecule has 0 amide bonds. The van der Waals surface area contributed by atoms with Crippen LogP contribution in [-0.4, -0.2) is 41.5 Å². The maximum atomic E-state index is 5.43. The van der Waals surface area contributed by atoms with Crippen LogP contribution in [0.2, 0.25) is 0 Å². The third kappa shape index (κ3) is 2.84. The Hall–Kier alpha value is -1.44.